The van der Waals surface area contributed by atoms with Crippen molar-refractivity contribution >= 4 is 5.65 Å². The van der Waals surface area contributed by atoms with E-state index in [0.29, 0.717) is 25.1 Å². The summed E-state index contributed by atoms with van der Waals surface area (Å²) in [7, 11) is 1.63. The van der Waals surface area contributed by atoms with E-state index in [1.807, 2.05) is 6.20 Å². The Bertz CT molecular complexity index is 495. The third-order valence-electron chi connectivity index (χ3n) is 2.42. The average molecular weight is 236 g/mol. The highest BCUT2D eigenvalue weighted by atomic mass is 16.5. The number of fused-ring (bicyclic) bond motifs is 1. The molecule has 0 amide bonds. The molecule has 2 rings (SSSR count). The molecule has 0 spiro atoms. The van der Waals surface area contributed by atoms with Gasteiger partial charge in [-0.25, -0.2) is 4.52 Å². The van der Waals surface area contributed by atoms with Crippen molar-refractivity contribution in [2.24, 2.45) is 0 Å². The summed E-state index contributed by atoms with van der Waals surface area (Å²) in [4.78, 5) is 8.40. The molecule has 0 aromatic carbocycles. The molecule has 0 aliphatic heterocycles. The number of hydrogen-bond donors (Lipinski definition) is 0. The van der Waals surface area contributed by atoms with Crippen LogP contribution in [0, 0.1) is 0 Å². The molecular weight excluding hydrogens is 220 g/mol. The van der Waals surface area contributed by atoms with Crippen molar-refractivity contribution in [1.82, 2.24) is 19.6 Å². The Labute approximate surface area is 99.6 Å². The van der Waals surface area contributed by atoms with Crippen molar-refractivity contribution in [3.8, 4) is 6.01 Å². The van der Waals surface area contributed by atoms with Gasteiger partial charge in [-0.2, -0.15) is 15.1 Å². The van der Waals surface area contributed by atoms with Crippen LogP contribution < -0.4 is 4.74 Å². The molecule has 2 aromatic heterocycles. The number of nitrogens with zero attached hydrogens (tertiary/aromatic N) is 4. The van der Waals surface area contributed by atoms with E-state index in [1.165, 1.54) is 0 Å². The molecule has 0 unspecified atom stereocenters. The maximum atomic E-state index is 5.37. The van der Waals surface area contributed by atoms with Gasteiger partial charge >= 0.3 is 6.01 Å². The molecule has 6 heteroatoms. The molecule has 0 aliphatic rings. The fraction of sp³-hybridized carbons (Fsp3) is 0.545. The Kier molecular flexibility index (Phi) is 3.53. The highest BCUT2D eigenvalue weighted by Gasteiger charge is 2.10. The highest BCUT2D eigenvalue weighted by molar-refractivity contribution is 5.47. The Morgan fingerprint density at radius 2 is 2.18 bits per heavy atom. The van der Waals surface area contributed by atoms with Crippen molar-refractivity contribution < 1.29 is 9.47 Å². The number of methoxy groups -OCH3 is 1. The number of rotatable bonds is 5. The molecule has 92 valence electrons. The molecule has 0 aliphatic carbocycles. The largest absolute Gasteiger partial charge is 0.461 e. The van der Waals surface area contributed by atoms with E-state index < -0.39 is 0 Å². The Morgan fingerprint density at radius 3 is 2.88 bits per heavy atom. The first-order chi connectivity index (χ1) is 8.22. The normalized spacial score (nSPS) is 11.3. The lowest BCUT2D eigenvalue weighted by atomic mass is 10.1. The van der Waals surface area contributed by atoms with Gasteiger partial charge in [-0.3, -0.25) is 0 Å². The second kappa shape index (κ2) is 5.09. The van der Waals surface area contributed by atoms with Gasteiger partial charge in [0, 0.05) is 12.7 Å². The quantitative estimate of drug-likeness (QED) is 0.732. The van der Waals surface area contributed by atoms with Gasteiger partial charge in [0.25, 0.3) is 0 Å². The van der Waals surface area contributed by atoms with Crippen LogP contribution in [0.1, 0.15) is 25.3 Å². The molecule has 6 nitrogen and oxygen atoms in total. The molecule has 0 radical (unpaired) electrons. The minimum absolute atomic E-state index is 0.358. The van der Waals surface area contributed by atoms with E-state index in [0.717, 1.165) is 11.2 Å². The summed E-state index contributed by atoms with van der Waals surface area (Å²) in [6.07, 6.45) is 3.42. The zero-order valence-electron chi connectivity index (χ0n) is 10.3. The standard InChI is InChI=1S/C11H16N4O2/c1-8(2)9-6-13-15-7-12-11(14-10(9)15)17-5-4-16-3/h6-8H,4-5H2,1-3H3. The first-order valence-corrected chi connectivity index (χ1v) is 5.54. The summed E-state index contributed by atoms with van der Waals surface area (Å²) in [6, 6.07) is 0.358. The molecule has 2 aromatic rings. The fourth-order valence-electron chi connectivity index (χ4n) is 1.49. The van der Waals surface area contributed by atoms with Crippen LogP contribution >= 0.6 is 0 Å². The smallest absolute Gasteiger partial charge is 0.320 e. The van der Waals surface area contributed by atoms with Gasteiger partial charge < -0.3 is 9.47 Å². The van der Waals surface area contributed by atoms with Gasteiger partial charge in [-0.15, -0.1) is 0 Å². The second-order valence-electron chi connectivity index (χ2n) is 4.00. The van der Waals surface area contributed by atoms with Crippen LogP contribution in [0.4, 0.5) is 0 Å². The minimum Gasteiger partial charge on any atom is -0.461 e. The lowest BCUT2D eigenvalue weighted by molar-refractivity contribution is 0.141. The number of hydrogen-bond acceptors (Lipinski definition) is 5. The summed E-state index contributed by atoms with van der Waals surface area (Å²) in [5, 5.41) is 4.19. The summed E-state index contributed by atoms with van der Waals surface area (Å²) < 4.78 is 11.9. The maximum Gasteiger partial charge on any atom is 0.320 e. The number of ether oxygens (including phenoxy) is 2. The van der Waals surface area contributed by atoms with Gasteiger partial charge in [-0.05, 0) is 5.92 Å². The van der Waals surface area contributed by atoms with Crippen LogP contribution in [0.25, 0.3) is 5.65 Å². The van der Waals surface area contributed by atoms with Gasteiger partial charge in [0.2, 0.25) is 0 Å². The van der Waals surface area contributed by atoms with Crippen molar-refractivity contribution in [2.75, 3.05) is 20.3 Å². The molecule has 2 heterocycles. The zero-order chi connectivity index (χ0) is 12.3. The Morgan fingerprint density at radius 1 is 1.35 bits per heavy atom. The summed E-state index contributed by atoms with van der Waals surface area (Å²) >= 11 is 0. The van der Waals surface area contributed by atoms with E-state index in [-0.39, 0.29) is 0 Å². The predicted molar refractivity (Wildman–Crippen MR) is 62.2 cm³/mol. The van der Waals surface area contributed by atoms with E-state index in [2.05, 4.69) is 28.9 Å². The monoisotopic (exact) mass is 236 g/mol. The van der Waals surface area contributed by atoms with Gasteiger partial charge in [-0.1, -0.05) is 13.8 Å². The van der Waals surface area contributed by atoms with Crippen LogP contribution in [0.15, 0.2) is 12.5 Å². The first-order valence-electron chi connectivity index (χ1n) is 5.54. The fourth-order valence-corrected chi connectivity index (χ4v) is 1.49. The van der Waals surface area contributed by atoms with Crippen LogP contribution in [-0.4, -0.2) is 39.9 Å². The van der Waals surface area contributed by atoms with Crippen molar-refractivity contribution in [1.29, 1.82) is 0 Å². The first kappa shape index (κ1) is 11.8. The van der Waals surface area contributed by atoms with Gasteiger partial charge in [0.15, 0.2) is 5.65 Å². The van der Waals surface area contributed by atoms with Crippen LogP contribution in [0.3, 0.4) is 0 Å². The lowest BCUT2D eigenvalue weighted by Gasteiger charge is -2.05. The van der Waals surface area contributed by atoms with Crippen molar-refractivity contribution in [3.63, 3.8) is 0 Å². The molecule has 0 bridgehead atoms. The van der Waals surface area contributed by atoms with Crippen LogP contribution in [0.5, 0.6) is 6.01 Å². The third-order valence-corrected chi connectivity index (χ3v) is 2.42. The molecule has 0 atom stereocenters. The van der Waals surface area contributed by atoms with Crippen molar-refractivity contribution in [3.05, 3.63) is 18.1 Å². The van der Waals surface area contributed by atoms with E-state index in [9.17, 15) is 0 Å². The maximum absolute atomic E-state index is 5.37. The molecule has 0 saturated carbocycles. The lowest BCUT2D eigenvalue weighted by Crippen LogP contribution is -2.08. The van der Waals surface area contributed by atoms with E-state index in [1.54, 1.807) is 18.0 Å². The average Bonchev–Trinajstić information content (AvgIpc) is 2.72. The molecule has 0 fully saturated rings. The SMILES string of the molecule is COCCOc1ncn2ncc(C(C)C)c2n1. The molecule has 0 N–H and O–H groups in total. The van der Waals surface area contributed by atoms with Crippen LogP contribution in [0.2, 0.25) is 0 Å². The second-order valence-corrected chi connectivity index (χ2v) is 4.00. The van der Waals surface area contributed by atoms with Crippen LogP contribution in [-0.2, 0) is 4.74 Å². The zero-order valence-corrected chi connectivity index (χ0v) is 10.3. The minimum atomic E-state index is 0.358. The van der Waals surface area contributed by atoms with Gasteiger partial charge in [0.05, 0.1) is 12.8 Å². The number of aromatic nitrogens is 4. The Balaban J connectivity index is 2.25. The van der Waals surface area contributed by atoms with E-state index in [4.69, 9.17) is 9.47 Å². The Hall–Kier alpha value is -1.69. The molecular formula is C11H16N4O2. The third kappa shape index (κ3) is 2.52. The topological polar surface area (TPSA) is 61.5 Å². The molecule has 0 saturated heterocycles. The summed E-state index contributed by atoms with van der Waals surface area (Å²) in [5.74, 6) is 0.370. The summed E-state index contributed by atoms with van der Waals surface area (Å²) in [5.41, 5.74) is 1.88. The van der Waals surface area contributed by atoms with Gasteiger partial charge in [0.1, 0.15) is 12.9 Å². The van der Waals surface area contributed by atoms with E-state index >= 15 is 0 Å². The highest BCUT2D eigenvalue weighted by Crippen LogP contribution is 2.19. The van der Waals surface area contributed by atoms with Crippen molar-refractivity contribution in [2.45, 2.75) is 19.8 Å². The predicted octanol–water partition coefficient (Wildman–Crippen LogP) is 1.27. The molecule has 17 heavy (non-hydrogen) atoms. The summed E-state index contributed by atoms with van der Waals surface area (Å²) in [6.45, 7) is 5.16.